The van der Waals surface area contributed by atoms with E-state index in [2.05, 4.69) is 0 Å². The lowest BCUT2D eigenvalue weighted by molar-refractivity contribution is -0.158. The van der Waals surface area contributed by atoms with Crippen molar-refractivity contribution in [2.24, 2.45) is 0 Å². The van der Waals surface area contributed by atoms with Gasteiger partial charge in [0.2, 0.25) is 0 Å². The zero-order chi connectivity index (χ0) is 13.1. The minimum Gasteiger partial charge on any atom is -0.476 e. The first kappa shape index (κ1) is 13.8. The highest BCUT2D eigenvalue weighted by molar-refractivity contribution is 6.30. The van der Waals surface area contributed by atoms with E-state index in [0.717, 1.165) is 5.56 Å². The summed E-state index contributed by atoms with van der Waals surface area (Å²) in [6.07, 6.45) is 0. The van der Waals surface area contributed by atoms with Crippen molar-refractivity contribution in [2.45, 2.75) is 33.3 Å². The Labute approximate surface area is 107 Å². The van der Waals surface area contributed by atoms with Crippen LogP contribution in [0.2, 0.25) is 5.02 Å². The standard InChI is InChI=1S/C13H17ClO3/c1-5-16-12(15)13(3,4)17-11-7-6-10(14)8-9(11)2/h6-8H,5H2,1-4H3. The van der Waals surface area contributed by atoms with E-state index < -0.39 is 5.60 Å². The molecular weight excluding hydrogens is 240 g/mol. The first-order valence-corrected chi connectivity index (χ1v) is 5.87. The summed E-state index contributed by atoms with van der Waals surface area (Å²) in [6.45, 7) is 7.34. The summed E-state index contributed by atoms with van der Waals surface area (Å²) in [6, 6.07) is 5.27. The number of esters is 1. The van der Waals surface area contributed by atoms with E-state index in [-0.39, 0.29) is 5.97 Å². The highest BCUT2D eigenvalue weighted by atomic mass is 35.5. The monoisotopic (exact) mass is 256 g/mol. The van der Waals surface area contributed by atoms with E-state index in [1.54, 1.807) is 39.0 Å². The molecule has 0 aliphatic carbocycles. The summed E-state index contributed by atoms with van der Waals surface area (Å²) in [4.78, 5) is 11.7. The summed E-state index contributed by atoms with van der Waals surface area (Å²) in [5.74, 6) is 0.252. The van der Waals surface area contributed by atoms with Gasteiger partial charge in [-0.05, 0) is 51.5 Å². The maximum atomic E-state index is 11.7. The molecule has 1 rings (SSSR count). The van der Waals surface area contributed by atoms with Crippen LogP contribution in [0.1, 0.15) is 26.3 Å². The van der Waals surface area contributed by atoms with E-state index in [0.29, 0.717) is 17.4 Å². The minimum absolute atomic E-state index is 0.339. The Kier molecular flexibility index (Phi) is 4.40. The van der Waals surface area contributed by atoms with Crippen LogP contribution in [0, 0.1) is 6.92 Å². The van der Waals surface area contributed by atoms with Crippen LogP contribution in [0.15, 0.2) is 18.2 Å². The predicted molar refractivity (Wildman–Crippen MR) is 67.5 cm³/mol. The Morgan fingerprint density at radius 2 is 2.06 bits per heavy atom. The van der Waals surface area contributed by atoms with Gasteiger partial charge in [-0.1, -0.05) is 11.6 Å². The molecule has 0 N–H and O–H groups in total. The maximum absolute atomic E-state index is 11.7. The molecular formula is C13H17ClO3. The second kappa shape index (κ2) is 5.41. The molecule has 0 unspecified atom stereocenters. The van der Waals surface area contributed by atoms with Crippen LogP contribution in [0.3, 0.4) is 0 Å². The topological polar surface area (TPSA) is 35.5 Å². The van der Waals surface area contributed by atoms with Gasteiger partial charge in [-0.15, -0.1) is 0 Å². The van der Waals surface area contributed by atoms with Crippen LogP contribution in [0.5, 0.6) is 5.75 Å². The van der Waals surface area contributed by atoms with Gasteiger partial charge >= 0.3 is 5.97 Å². The second-order valence-corrected chi connectivity index (χ2v) is 4.68. The van der Waals surface area contributed by atoms with Crippen molar-refractivity contribution in [3.8, 4) is 5.75 Å². The third kappa shape index (κ3) is 3.63. The zero-order valence-electron chi connectivity index (χ0n) is 10.5. The third-order valence-electron chi connectivity index (χ3n) is 2.27. The van der Waals surface area contributed by atoms with Gasteiger partial charge in [0.05, 0.1) is 6.61 Å². The van der Waals surface area contributed by atoms with Gasteiger partial charge in [0.1, 0.15) is 5.75 Å². The summed E-state index contributed by atoms with van der Waals surface area (Å²) >= 11 is 5.85. The van der Waals surface area contributed by atoms with Crippen LogP contribution in [-0.2, 0) is 9.53 Å². The summed E-state index contributed by atoms with van der Waals surface area (Å²) in [7, 11) is 0. The number of rotatable bonds is 4. The molecule has 94 valence electrons. The normalized spacial score (nSPS) is 11.1. The molecule has 3 nitrogen and oxygen atoms in total. The molecule has 0 spiro atoms. The Balaban J connectivity index is 2.86. The molecule has 1 aromatic carbocycles. The number of hydrogen-bond acceptors (Lipinski definition) is 3. The van der Waals surface area contributed by atoms with Crippen molar-refractivity contribution in [1.29, 1.82) is 0 Å². The first-order chi connectivity index (χ1) is 7.86. The SMILES string of the molecule is CCOC(=O)C(C)(C)Oc1ccc(Cl)cc1C. The van der Waals surface area contributed by atoms with Crippen LogP contribution in [-0.4, -0.2) is 18.2 Å². The Morgan fingerprint density at radius 3 is 2.59 bits per heavy atom. The molecule has 0 radical (unpaired) electrons. The highest BCUT2D eigenvalue weighted by Crippen LogP contribution is 2.26. The Bertz CT molecular complexity index is 413. The van der Waals surface area contributed by atoms with Crippen LogP contribution >= 0.6 is 11.6 Å². The number of aryl methyl sites for hydroxylation is 1. The van der Waals surface area contributed by atoms with Gasteiger partial charge in [-0.2, -0.15) is 0 Å². The molecule has 0 heterocycles. The van der Waals surface area contributed by atoms with Gasteiger partial charge in [-0.3, -0.25) is 0 Å². The summed E-state index contributed by atoms with van der Waals surface area (Å²) in [5.41, 5.74) is -0.121. The van der Waals surface area contributed by atoms with E-state index in [4.69, 9.17) is 21.1 Å². The van der Waals surface area contributed by atoms with Gasteiger partial charge < -0.3 is 9.47 Å². The molecule has 0 aromatic heterocycles. The molecule has 0 bridgehead atoms. The van der Waals surface area contributed by atoms with Crippen molar-refractivity contribution in [3.05, 3.63) is 28.8 Å². The molecule has 0 aliphatic heterocycles. The van der Waals surface area contributed by atoms with Crippen molar-refractivity contribution in [3.63, 3.8) is 0 Å². The minimum atomic E-state index is -1.01. The zero-order valence-corrected chi connectivity index (χ0v) is 11.3. The Hall–Kier alpha value is -1.22. The van der Waals surface area contributed by atoms with E-state index >= 15 is 0 Å². The molecule has 0 aliphatic rings. The number of hydrogen-bond donors (Lipinski definition) is 0. The molecule has 1 aromatic rings. The first-order valence-electron chi connectivity index (χ1n) is 5.49. The molecule has 0 amide bonds. The molecule has 0 atom stereocenters. The number of ether oxygens (including phenoxy) is 2. The number of halogens is 1. The number of carbonyl (C=O) groups is 1. The van der Waals surface area contributed by atoms with Crippen molar-refractivity contribution < 1.29 is 14.3 Å². The van der Waals surface area contributed by atoms with Crippen molar-refractivity contribution in [2.75, 3.05) is 6.61 Å². The Morgan fingerprint density at radius 1 is 1.41 bits per heavy atom. The van der Waals surface area contributed by atoms with Gasteiger partial charge in [0.25, 0.3) is 0 Å². The molecule has 0 saturated heterocycles. The maximum Gasteiger partial charge on any atom is 0.349 e. The smallest absolute Gasteiger partial charge is 0.349 e. The largest absolute Gasteiger partial charge is 0.476 e. The summed E-state index contributed by atoms with van der Waals surface area (Å²) < 4.78 is 10.6. The van der Waals surface area contributed by atoms with E-state index in [9.17, 15) is 4.79 Å². The average molecular weight is 257 g/mol. The highest BCUT2D eigenvalue weighted by Gasteiger charge is 2.31. The molecule has 0 fully saturated rings. The quantitative estimate of drug-likeness (QED) is 0.775. The van der Waals surface area contributed by atoms with Crippen molar-refractivity contribution >= 4 is 17.6 Å². The molecule has 0 saturated carbocycles. The third-order valence-corrected chi connectivity index (χ3v) is 2.50. The van der Waals surface area contributed by atoms with Crippen LogP contribution < -0.4 is 4.74 Å². The fraction of sp³-hybridized carbons (Fsp3) is 0.462. The lowest BCUT2D eigenvalue weighted by atomic mass is 10.1. The van der Waals surface area contributed by atoms with E-state index in [1.165, 1.54) is 0 Å². The van der Waals surface area contributed by atoms with Gasteiger partial charge in [0.15, 0.2) is 5.60 Å². The fourth-order valence-electron chi connectivity index (χ4n) is 1.35. The van der Waals surface area contributed by atoms with E-state index in [1.807, 2.05) is 6.92 Å². The lowest BCUT2D eigenvalue weighted by Crippen LogP contribution is -2.39. The predicted octanol–water partition coefficient (Wildman–Crippen LogP) is 3.37. The van der Waals surface area contributed by atoms with Gasteiger partial charge in [-0.25, -0.2) is 4.79 Å². The van der Waals surface area contributed by atoms with Crippen molar-refractivity contribution in [1.82, 2.24) is 0 Å². The molecule has 4 heteroatoms. The number of benzene rings is 1. The molecule has 17 heavy (non-hydrogen) atoms. The van der Waals surface area contributed by atoms with Crippen LogP contribution in [0.25, 0.3) is 0 Å². The fourth-order valence-corrected chi connectivity index (χ4v) is 1.58. The average Bonchev–Trinajstić information content (AvgIpc) is 2.22. The van der Waals surface area contributed by atoms with Crippen LogP contribution in [0.4, 0.5) is 0 Å². The number of carbonyl (C=O) groups excluding carboxylic acids is 1. The second-order valence-electron chi connectivity index (χ2n) is 4.24. The lowest BCUT2D eigenvalue weighted by Gasteiger charge is -2.25. The van der Waals surface area contributed by atoms with Gasteiger partial charge in [0, 0.05) is 5.02 Å². The summed E-state index contributed by atoms with van der Waals surface area (Å²) in [5, 5.41) is 0.642.